The molecule has 1 unspecified atom stereocenters. The molecule has 0 aliphatic heterocycles. The van der Waals surface area contributed by atoms with Crippen molar-refractivity contribution in [2.24, 2.45) is 11.3 Å². The van der Waals surface area contributed by atoms with Crippen molar-refractivity contribution in [2.45, 2.75) is 26.9 Å². The highest BCUT2D eigenvalue weighted by atomic mass is 19.4. The second-order valence-corrected chi connectivity index (χ2v) is 5.74. The quantitative estimate of drug-likeness (QED) is 0.870. The summed E-state index contributed by atoms with van der Waals surface area (Å²) in [7, 11) is 0. The molecule has 1 atom stereocenters. The van der Waals surface area contributed by atoms with Gasteiger partial charge in [0.15, 0.2) is 11.7 Å². The molecular formula is C15H15F3N2O2. The maximum atomic E-state index is 12.4. The van der Waals surface area contributed by atoms with Crippen LogP contribution in [0.5, 0.6) is 0 Å². The number of anilines is 1. The summed E-state index contributed by atoms with van der Waals surface area (Å²) in [5.41, 5.74) is -1.65. The zero-order valence-electron chi connectivity index (χ0n) is 12.3. The van der Waals surface area contributed by atoms with Crippen LogP contribution in [0.25, 0.3) is 0 Å². The van der Waals surface area contributed by atoms with E-state index in [0.717, 1.165) is 24.3 Å². The molecule has 0 heterocycles. The average molecular weight is 312 g/mol. The van der Waals surface area contributed by atoms with Crippen molar-refractivity contribution in [1.29, 1.82) is 5.26 Å². The second kappa shape index (κ2) is 6.18. The third-order valence-electron chi connectivity index (χ3n) is 2.87. The van der Waals surface area contributed by atoms with E-state index in [4.69, 9.17) is 5.26 Å². The number of carbonyl (C=O) groups is 2. The van der Waals surface area contributed by atoms with E-state index in [1.165, 1.54) is 0 Å². The molecule has 0 aromatic heterocycles. The van der Waals surface area contributed by atoms with Crippen LogP contribution in [-0.4, -0.2) is 11.7 Å². The summed E-state index contributed by atoms with van der Waals surface area (Å²) < 4.78 is 37.3. The van der Waals surface area contributed by atoms with Crippen molar-refractivity contribution in [1.82, 2.24) is 0 Å². The number of amides is 1. The van der Waals surface area contributed by atoms with Gasteiger partial charge in [-0.3, -0.25) is 9.59 Å². The van der Waals surface area contributed by atoms with Gasteiger partial charge in [-0.1, -0.05) is 20.8 Å². The van der Waals surface area contributed by atoms with E-state index in [1.54, 1.807) is 26.8 Å². The van der Waals surface area contributed by atoms with Crippen LogP contribution in [0.2, 0.25) is 0 Å². The van der Waals surface area contributed by atoms with Crippen LogP contribution in [0.4, 0.5) is 18.9 Å². The Labute approximate surface area is 125 Å². The molecule has 0 aliphatic carbocycles. The normalized spacial score (nSPS) is 13.1. The van der Waals surface area contributed by atoms with E-state index in [2.05, 4.69) is 5.32 Å². The molecule has 0 saturated carbocycles. The van der Waals surface area contributed by atoms with Crippen molar-refractivity contribution in [3.05, 3.63) is 29.8 Å². The van der Waals surface area contributed by atoms with E-state index in [1.807, 2.05) is 0 Å². The van der Waals surface area contributed by atoms with Gasteiger partial charge in [-0.2, -0.15) is 18.4 Å². The molecule has 1 N–H and O–H groups in total. The number of ketones is 1. The number of halogens is 3. The van der Waals surface area contributed by atoms with Crippen LogP contribution >= 0.6 is 0 Å². The average Bonchev–Trinajstić information content (AvgIpc) is 2.37. The topological polar surface area (TPSA) is 70.0 Å². The lowest BCUT2D eigenvalue weighted by Gasteiger charge is -2.19. The molecule has 1 amide bonds. The zero-order chi connectivity index (χ0) is 17.1. The predicted molar refractivity (Wildman–Crippen MR) is 73.6 cm³/mol. The summed E-state index contributed by atoms with van der Waals surface area (Å²) in [5.74, 6) is -2.93. The Morgan fingerprint density at radius 1 is 1.14 bits per heavy atom. The molecule has 0 radical (unpaired) electrons. The van der Waals surface area contributed by atoms with Crippen molar-refractivity contribution in [2.75, 3.05) is 5.32 Å². The van der Waals surface area contributed by atoms with Crippen LogP contribution in [0.1, 0.15) is 26.3 Å². The molecule has 4 nitrogen and oxygen atoms in total. The van der Waals surface area contributed by atoms with Gasteiger partial charge in [0, 0.05) is 11.1 Å². The highest BCUT2D eigenvalue weighted by molar-refractivity contribution is 6.10. The molecular weight excluding hydrogens is 297 g/mol. The number of rotatable bonds is 3. The van der Waals surface area contributed by atoms with Crippen molar-refractivity contribution < 1.29 is 22.8 Å². The minimum absolute atomic E-state index is 0.0833. The summed E-state index contributed by atoms with van der Waals surface area (Å²) >= 11 is 0. The molecule has 0 fully saturated rings. The first-order valence-corrected chi connectivity index (χ1v) is 6.39. The smallest absolute Gasteiger partial charge is 0.325 e. The SMILES string of the molecule is CC(C)(C)C(=O)C(C#N)C(=O)Nc1ccc(C(F)(F)F)cc1. The van der Waals surface area contributed by atoms with Crippen molar-refractivity contribution in [3.8, 4) is 6.07 Å². The van der Waals surface area contributed by atoms with E-state index >= 15 is 0 Å². The fourth-order valence-corrected chi connectivity index (χ4v) is 1.63. The van der Waals surface area contributed by atoms with Gasteiger partial charge < -0.3 is 5.32 Å². The first-order chi connectivity index (χ1) is 9.96. The number of Topliss-reactive ketones (excluding diaryl/α,β-unsaturated/α-hetero) is 1. The number of carbonyl (C=O) groups excluding carboxylic acids is 2. The van der Waals surface area contributed by atoms with Crippen LogP contribution in [0, 0.1) is 22.7 Å². The van der Waals surface area contributed by atoms with Crippen molar-refractivity contribution >= 4 is 17.4 Å². The highest BCUT2D eigenvalue weighted by Crippen LogP contribution is 2.30. The molecule has 0 bridgehead atoms. The summed E-state index contributed by atoms with van der Waals surface area (Å²) in [5, 5.41) is 11.3. The number of alkyl halides is 3. The number of nitrogens with zero attached hydrogens (tertiary/aromatic N) is 1. The van der Waals surface area contributed by atoms with Gasteiger partial charge in [0.25, 0.3) is 0 Å². The molecule has 22 heavy (non-hydrogen) atoms. The Morgan fingerprint density at radius 3 is 2.00 bits per heavy atom. The Hall–Kier alpha value is -2.36. The maximum Gasteiger partial charge on any atom is 0.416 e. The minimum Gasteiger partial charge on any atom is -0.325 e. The van der Waals surface area contributed by atoms with Crippen LogP contribution in [0.15, 0.2) is 24.3 Å². The van der Waals surface area contributed by atoms with Crippen LogP contribution in [0.3, 0.4) is 0 Å². The van der Waals surface area contributed by atoms with Crippen molar-refractivity contribution in [3.63, 3.8) is 0 Å². The number of nitrogens with one attached hydrogen (secondary N) is 1. The minimum atomic E-state index is -4.47. The van der Waals surface area contributed by atoms with E-state index in [0.29, 0.717) is 0 Å². The van der Waals surface area contributed by atoms with E-state index < -0.39 is 34.8 Å². The Kier molecular flexibility index (Phi) is 4.97. The van der Waals surface area contributed by atoms with Gasteiger partial charge in [-0.05, 0) is 24.3 Å². The fourth-order valence-electron chi connectivity index (χ4n) is 1.63. The van der Waals surface area contributed by atoms with Gasteiger partial charge in [0.05, 0.1) is 11.6 Å². The van der Waals surface area contributed by atoms with Gasteiger partial charge in [-0.15, -0.1) is 0 Å². The number of benzene rings is 1. The van der Waals surface area contributed by atoms with Gasteiger partial charge in [-0.25, -0.2) is 0 Å². The first-order valence-electron chi connectivity index (χ1n) is 6.39. The third-order valence-corrected chi connectivity index (χ3v) is 2.87. The largest absolute Gasteiger partial charge is 0.416 e. The highest BCUT2D eigenvalue weighted by Gasteiger charge is 2.35. The zero-order valence-corrected chi connectivity index (χ0v) is 12.3. The lowest BCUT2D eigenvalue weighted by Crippen LogP contribution is -2.35. The molecule has 7 heteroatoms. The summed E-state index contributed by atoms with van der Waals surface area (Å²) in [6.45, 7) is 4.72. The standard InChI is InChI=1S/C15H15F3N2O2/c1-14(2,3)12(21)11(8-19)13(22)20-10-6-4-9(5-7-10)15(16,17)18/h4-7,11H,1-3H3,(H,20,22). The van der Waals surface area contributed by atoms with Gasteiger partial charge >= 0.3 is 6.18 Å². The number of hydrogen-bond acceptors (Lipinski definition) is 3. The molecule has 0 saturated heterocycles. The summed E-state index contributed by atoms with van der Waals surface area (Å²) in [6, 6.07) is 5.37. The maximum absolute atomic E-state index is 12.4. The molecule has 118 valence electrons. The van der Waals surface area contributed by atoms with Crippen LogP contribution in [-0.2, 0) is 15.8 Å². The van der Waals surface area contributed by atoms with E-state index in [-0.39, 0.29) is 5.69 Å². The number of hydrogen-bond donors (Lipinski definition) is 1. The summed E-state index contributed by atoms with van der Waals surface area (Å²) in [6.07, 6.45) is -4.47. The predicted octanol–water partition coefficient (Wildman–Crippen LogP) is 3.40. The van der Waals surface area contributed by atoms with E-state index in [9.17, 15) is 22.8 Å². The fraction of sp³-hybridized carbons (Fsp3) is 0.400. The molecule has 1 aromatic rings. The lowest BCUT2D eigenvalue weighted by atomic mass is 9.83. The molecule has 1 aromatic carbocycles. The molecule has 1 rings (SSSR count). The second-order valence-electron chi connectivity index (χ2n) is 5.74. The Balaban J connectivity index is 2.88. The Bertz CT molecular complexity index is 608. The first kappa shape index (κ1) is 17.7. The Morgan fingerprint density at radius 2 is 1.64 bits per heavy atom. The van der Waals surface area contributed by atoms with Crippen LogP contribution < -0.4 is 5.32 Å². The van der Waals surface area contributed by atoms with Gasteiger partial charge in [0.1, 0.15) is 0 Å². The third kappa shape index (κ3) is 4.32. The summed E-state index contributed by atoms with van der Waals surface area (Å²) in [4.78, 5) is 23.9. The monoisotopic (exact) mass is 312 g/mol. The molecule has 0 aliphatic rings. The molecule has 0 spiro atoms. The number of nitriles is 1. The van der Waals surface area contributed by atoms with Gasteiger partial charge in [0.2, 0.25) is 5.91 Å². The lowest BCUT2D eigenvalue weighted by molar-refractivity contribution is -0.137.